The zero-order chi connectivity index (χ0) is 36.3. The van der Waals surface area contributed by atoms with Gasteiger partial charge in [-0.15, -0.1) is 11.3 Å². The van der Waals surface area contributed by atoms with Crippen molar-refractivity contribution >= 4 is 77.1 Å². The first-order valence-corrected chi connectivity index (χ1v) is 19.6. The average Bonchev–Trinajstić information content (AvgIpc) is 3.80. The minimum Gasteiger partial charge on any atom is -0.386 e. The molecule has 2 aromatic heterocycles. The van der Waals surface area contributed by atoms with Gasteiger partial charge in [-0.3, -0.25) is 0 Å². The molecule has 3 nitrogen and oxygen atoms in total. The zero-order valence-electron chi connectivity index (χ0n) is 30.0. The van der Waals surface area contributed by atoms with Crippen LogP contribution in [-0.4, -0.2) is 4.57 Å². The first-order valence-electron chi connectivity index (χ1n) is 18.8. The van der Waals surface area contributed by atoms with Crippen LogP contribution in [0.4, 0.5) is 17.1 Å². The van der Waals surface area contributed by atoms with Crippen molar-refractivity contribution in [2.24, 2.45) is 0 Å². The fourth-order valence-electron chi connectivity index (χ4n) is 8.39. The van der Waals surface area contributed by atoms with E-state index in [4.69, 9.17) is 0 Å². The van der Waals surface area contributed by atoms with Gasteiger partial charge in [-0.05, 0) is 118 Å². The van der Waals surface area contributed by atoms with E-state index in [0.29, 0.717) is 0 Å². The largest absolute Gasteiger partial charge is 0.386 e. The molecule has 0 saturated heterocycles. The molecule has 0 atom stereocenters. The third kappa shape index (κ3) is 5.33. The average molecular weight is 722 g/mol. The Hall–Kier alpha value is -6.88. The lowest BCUT2D eigenvalue weighted by atomic mass is 10.00. The highest BCUT2D eigenvalue weighted by molar-refractivity contribution is 7.20. The lowest BCUT2D eigenvalue weighted by Gasteiger charge is -2.26. The van der Waals surface area contributed by atoms with Gasteiger partial charge in [0.05, 0.1) is 11.0 Å². The Bertz CT molecular complexity index is 3080. The van der Waals surface area contributed by atoms with Gasteiger partial charge in [-0.1, -0.05) is 115 Å². The molecule has 0 bridgehead atoms. The number of thiophene rings is 1. The molecule has 8 aromatic carbocycles. The quantitative estimate of drug-likeness (QED) is 0.184. The molecule has 1 aliphatic heterocycles. The third-order valence-electron chi connectivity index (χ3n) is 11.0. The summed E-state index contributed by atoms with van der Waals surface area (Å²) in [5, 5.41) is 9.68. The molecular weight excluding hydrogens is 687 g/mol. The van der Waals surface area contributed by atoms with Crippen LogP contribution in [0.25, 0.3) is 76.7 Å². The van der Waals surface area contributed by atoms with Gasteiger partial charge in [0.2, 0.25) is 0 Å². The summed E-state index contributed by atoms with van der Waals surface area (Å²) in [6, 6.07) is 66.5. The molecular formula is C51H35N3S. The lowest BCUT2D eigenvalue weighted by molar-refractivity contribution is 0.878. The number of nitrogens with zero attached hydrogens (tertiary/aromatic N) is 2. The molecule has 0 fully saturated rings. The number of hydrogen-bond acceptors (Lipinski definition) is 3. The van der Waals surface area contributed by atoms with Crippen LogP contribution >= 0.6 is 11.3 Å². The number of benzene rings is 8. The molecule has 0 spiro atoms. The van der Waals surface area contributed by atoms with E-state index in [9.17, 15) is 0 Å². The van der Waals surface area contributed by atoms with Gasteiger partial charge in [0, 0.05) is 55.0 Å². The van der Waals surface area contributed by atoms with Crippen LogP contribution in [0.5, 0.6) is 0 Å². The van der Waals surface area contributed by atoms with E-state index >= 15 is 0 Å². The van der Waals surface area contributed by atoms with Gasteiger partial charge < -0.3 is 14.8 Å². The fourth-order valence-corrected chi connectivity index (χ4v) is 9.66. The van der Waals surface area contributed by atoms with E-state index in [-0.39, 0.29) is 0 Å². The molecule has 11 rings (SSSR count). The Kier molecular flexibility index (Phi) is 7.42. The van der Waals surface area contributed by atoms with Crippen LogP contribution in [0.1, 0.15) is 10.4 Å². The maximum absolute atomic E-state index is 3.39. The van der Waals surface area contributed by atoms with Gasteiger partial charge in [-0.25, -0.2) is 0 Å². The second-order valence-electron chi connectivity index (χ2n) is 14.2. The first kappa shape index (κ1) is 31.6. The highest BCUT2D eigenvalue weighted by Crippen LogP contribution is 2.43. The Balaban J connectivity index is 1.05. The number of para-hydroxylation sites is 2. The summed E-state index contributed by atoms with van der Waals surface area (Å²) >= 11 is 1.90. The molecule has 260 valence electrons. The highest BCUT2D eigenvalue weighted by atomic mass is 32.1. The highest BCUT2D eigenvalue weighted by Gasteiger charge is 2.19. The maximum atomic E-state index is 3.39. The molecule has 0 saturated carbocycles. The van der Waals surface area contributed by atoms with Crippen LogP contribution in [0.3, 0.4) is 0 Å². The van der Waals surface area contributed by atoms with E-state index in [1.165, 1.54) is 75.4 Å². The normalized spacial score (nSPS) is 12.4. The van der Waals surface area contributed by atoms with Gasteiger partial charge in [-0.2, -0.15) is 0 Å². The van der Waals surface area contributed by atoms with Crippen molar-refractivity contribution < 1.29 is 0 Å². The third-order valence-corrected chi connectivity index (χ3v) is 12.3. The van der Waals surface area contributed by atoms with Crippen LogP contribution in [-0.2, 0) is 6.54 Å². The SMILES string of the molecule is C1=Cc2c(sc3c(-c4ccc(N(c5ccc(-c6ccc7ccccc7c6)cc5)c5ccc6c(c5)c5ccccc5n6-c5ccccc5)cc4)cccc23)CN1. The molecule has 1 N–H and O–H groups in total. The molecule has 1 aliphatic rings. The van der Waals surface area contributed by atoms with Crippen molar-refractivity contribution in [2.45, 2.75) is 6.54 Å². The molecule has 0 aliphatic carbocycles. The number of fused-ring (bicyclic) bond motifs is 7. The van der Waals surface area contributed by atoms with Crippen molar-refractivity contribution in [1.82, 2.24) is 9.88 Å². The van der Waals surface area contributed by atoms with E-state index in [2.05, 4.69) is 209 Å². The van der Waals surface area contributed by atoms with Gasteiger partial charge in [0.15, 0.2) is 0 Å². The summed E-state index contributed by atoms with van der Waals surface area (Å²) in [7, 11) is 0. The summed E-state index contributed by atoms with van der Waals surface area (Å²) < 4.78 is 3.72. The molecule has 3 heterocycles. The van der Waals surface area contributed by atoms with Crippen LogP contribution < -0.4 is 10.2 Å². The summed E-state index contributed by atoms with van der Waals surface area (Å²) in [5.41, 5.74) is 13.1. The minimum atomic E-state index is 0.881. The molecule has 0 amide bonds. The number of hydrogen-bond donors (Lipinski definition) is 1. The number of aromatic nitrogens is 1. The number of nitrogens with one attached hydrogen (secondary N) is 1. The summed E-state index contributed by atoms with van der Waals surface area (Å²) in [6.45, 7) is 0.881. The van der Waals surface area contributed by atoms with Crippen molar-refractivity contribution in [2.75, 3.05) is 4.90 Å². The van der Waals surface area contributed by atoms with Gasteiger partial charge in [0.1, 0.15) is 0 Å². The van der Waals surface area contributed by atoms with Crippen LogP contribution in [0, 0.1) is 0 Å². The maximum Gasteiger partial charge on any atom is 0.0542 e. The summed E-state index contributed by atoms with van der Waals surface area (Å²) in [6.07, 6.45) is 4.28. The first-order chi connectivity index (χ1) is 27.3. The zero-order valence-corrected chi connectivity index (χ0v) is 30.8. The van der Waals surface area contributed by atoms with Crippen molar-refractivity contribution in [3.63, 3.8) is 0 Å². The minimum absolute atomic E-state index is 0.881. The van der Waals surface area contributed by atoms with Gasteiger partial charge in [0.25, 0.3) is 0 Å². The second kappa shape index (κ2) is 12.9. The molecule has 0 radical (unpaired) electrons. The Labute approximate surface area is 323 Å². The van der Waals surface area contributed by atoms with Crippen LogP contribution in [0.15, 0.2) is 188 Å². The standard InChI is InChI=1S/C51H35N3S/c1-2-11-39(12-3-1)54-48-16-7-6-13-44(48)47-32-42(27-28-49(47)54)53(40-23-19-35(20-24-40)38-18-17-34-9-4-5-10-37(34)31-38)41-25-21-36(22-26-41)43-14-8-15-46-45-29-30-52-33-50(45)55-51(43)46/h1-32,52H,33H2. The second-order valence-corrected chi connectivity index (χ2v) is 15.3. The van der Waals surface area contributed by atoms with E-state index < -0.39 is 0 Å². The van der Waals surface area contributed by atoms with E-state index in [0.717, 1.165) is 29.3 Å². The predicted molar refractivity (Wildman–Crippen MR) is 235 cm³/mol. The van der Waals surface area contributed by atoms with Crippen LogP contribution in [0.2, 0.25) is 0 Å². The van der Waals surface area contributed by atoms with Crippen molar-refractivity contribution in [1.29, 1.82) is 0 Å². The smallest absolute Gasteiger partial charge is 0.0542 e. The lowest BCUT2D eigenvalue weighted by Crippen LogP contribution is -2.10. The molecule has 0 unspecified atom stereocenters. The topological polar surface area (TPSA) is 20.2 Å². The Morgan fingerprint density at radius 1 is 0.491 bits per heavy atom. The Morgan fingerprint density at radius 2 is 1.16 bits per heavy atom. The monoisotopic (exact) mass is 721 g/mol. The molecule has 10 aromatic rings. The Morgan fingerprint density at radius 3 is 2.00 bits per heavy atom. The van der Waals surface area contributed by atoms with Crippen molar-refractivity contribution in [3.8, 4) is 27.9 Å². The number of rotatable bonds is 6. The summed E-state index contributed by atoms with van der Waals surface area (Å²) in [4.78, 5) is 3.78. The number of anilines is 3. The predicted octanol–water partition coefficient (Wildman–Crippen LogP) is 14.0. The van der Waals surface area contributed by atoms with E-state index in [1.807, 2.05) is 11.3 Å². The van der Waals surface area contributed by atoms with Gasteiger partial charge >= 0.3 is 0 Å². The van der Waals surface area contributed by atoms with Crippen molar-refractivity contribution in [3.05, 3.63) is 199 Å². The fraction of sp³-hybridized carbons (Fsp3) is 0.0196. The molecule has 4 heteroatoms. The molecule has 55 heavy (non-hydrogen) atoms. The summed E-state index contributed by atoms with van der Waals surface area (Å²) in [5.74, 6) is 0. The van der Waals surface area contributed by atoms with E-state index in [1.54, 1.807) is 0 Å².